The Morgan fingerprint density at radius 2 is 1.95 bits per heavy atom. The van der Waals surface area contributed by atoms with Gasteiger partial charge in [-0.05, 0) is 36.8 Å². The lowest BCUT2D eigenvalue weighted by Gasteiger charge is -2.06. The minimum atomic E-state index is -0.385. The number of carbonyl (C=O) groups excluding carboxylic acids is 1. The van der Waals surface area contributed by atoms with Crippen LogP contribution in [0, 0.1) is 12.7 Å². The summed E-state index contributed by atoms with van der Waals surface area (Å²) in [5.74, 6) is -0.479. The number of halogens is 1. The van der Waals surface area contributed by atoms with Crippen molar-refractivity contribution >= 4 is 16.7 Å². The summed E-state index contributed by atoms with van der Waals surface area (Å²) in [7, 11) is 0. The van der Waals surface area contributed by atoms with E-state index in [0.717, 1.165) is 10.9 Å². The highest BCUT2D eigenvalue weighted by Crippen LogP contribution is 2.20. The van der Waals surface area contributed by atoms with Gasteiger partial charge >= 0.3 is 0 Å². The van der Waals surface area contributed by atoms with E-state index in [0.29, 0.717) is 5.56 Å². The fraction of sp³-hybridized carbons (Fsp3) is 0.118. The zero-order chi connectivity index (χ0) is 14.1. The van der Waals surface area contributed by atoms with Crippen molar-refractivity contribution in [2.24, 2.45) is 0 Å². The molecule has 0 N–H and O–H groups in total. The van der Waals surface area contributed by atoms with E-state index in [1.54, 1.807) is 12.1 Å². The minimum absolute atomic E-state index is 0.0940. The number of Topliss-reactive ketones (excluding diaryl/α,β-unsaturated/α-hetero) is 1. The highest BCUT2D eigenvalue weighted by atomic mass is 19.1. The van der Waals surface area contributed by atoms with E-state index < -0.39 is 0 Å². The van der Waals surface area contributed by atoms with Crippen molar-refractivity contribution in [2.75, 3.05) is 0 Å². The fourth-order valence-corrected chi connectivity index (χ4v) is 2.42. The highest BCUT2D eigenvalue weighted by Gasteiger charge is 2.10. The molecule has 0 saturated carbocycles. The van der Waals surface area contributed by atoms with E-state index in [4.69, 9.17) is 0 Å². The Labute approximate surface area is 116 Å². The van der Waals surface area contributed by atoms with Gasteiger partial charge in [-0.15, -0.1) is 0 Å². The average molecular weight is 267 g/mol. The van der Waals surface area contributed by atoms with Crippen molar-refractivity contribution in [1.82, 2.24) is 4.57 Å². The molecule has 3 heteroatoms. The number of aryl methyl sites for hydroxylation is 1. The second-order valence-corrected chi connectivity index (χ2v) is 4.88. The largest absolute Gasteiger partial charge is 0.340 e. The van der Waals surface area contributed by atoms with Crippen molar-refractivity contribution in [3.05, 3.63) is 71.7 Å². The molecule has 0 aliphatic rings. The number of ketones is 1. The second-order valence-electron chi connectivity index (χ2n) is 4.88. The Morgan fingerprint density at radius 1 is 1.15 bits per heavy atom. The molecule has 2 nitrogen and oxygen atoms in total. The summed E-state index contributed by atoms with van der Waals surface area (Å²) in [5, 5.41) is 1.14. The molecule has 0 fully saturated rings. The lowest BCUT2D eigenvalue weighted by Crippen LogP contribution is -2.09. The number of nitrogens with zero attached hydrogens (tertiary/aromatic N) is 1. The molecule has 100 valence electrons. The molecule has 0 aliphatic heterocycles. The SMILES string of the molecule is Cc1cccc2c1ccn2CC(=O)c1cccc(F)c1. The zero-order valence-electron chi connectivity index (χ0n) is 11.1. The van der Waals surface area contributed by atoms with Crippen LogP contribution in [0.3, 0.4) is 0 Å². The number of hydrogen-bond acceptors (Lipinski definition) is 1. The van der Waals surface area contributed by atoms with Crippen molar-refractivity contribution in [1.29, 1.82) is 0 Å². The summed E-state index contributed by atoms with van der Waals surface area (Å²) in [4.78, 5) is 12.2. The Bertz CT molecular complexity index is 789. The van der Waals surface area contributed by atoms with Crippen LogP contribution in [0.1, 0.15) is 15.9 Å². The van der Waals surface area contributed by atoms with Crippen molar-refractivity contribution in [2.45, 2.75) is 13.5 Å². The van der Waals surface area contributed by atoms with Crippen molar-refractivity contribution < 1.29 is 9.18 Å². The third-order valence-corrected chi connectivity index (χ3v) is 3.49. The van der Waals surface area contributed by atoms with Gasteiger partial charge in [-0.2, -0.15) is 0 Å². The minimum Gasteiger partial charge on any atom is -0.340 e. The molecule has 3 rings (SSSR count). The van der Waals surface area contributed by atoms with E-state index in [2.05, 4.69) is 0 Å². The molecular weight excluding hydrogens is 253 g/mol. The maximum atomic E-state index is 13.2. The molecule has 1 aromatic heterocycles. The standard InChI is InChI=1S/C17H14FNO/c1-12-4-2-7-16-15(12)8-9-19(16)11-17(20)13-5-3-6-14(18)10-13/h2-10H,11H2,1H3. The maximum Gasteiger partial charge on any atom is 0.182 e. The van der Waals surface area contributed by atoms with Crippen LogP contribution in [0.25, 0.3) is 10.9 Å². The first kappa shape index (κ1) is 12.6. The van der Waals surface area contributed by atoms with Crippen LogP contribution in [0.2, 0.25) is 0 Å². The molecule has 0 radical (unpaired) electrons. The Balaban J connectivity index is 1.94. The van der Waals surface area contributed by atoms with Gasteiger partial charge in [0.25, 0.3) is 0 Å². The maximum absolute atomic E-state index is 13.2. The van der Waals surface area contributed by atoms with Crippen LogP contribution in [0.15, 0.2) is 54.7 Å². The first-order chi connectivity index (χ1) is 9.65. The summed E-state index contributed by atoms with van der Waals surface area (Å²) in [5.41, 5.74) is 2.61. The number of carbonyl (C=O) groups is 1. The summed E-state index contributed by atoms with van der Waals surface area (Å²) in [6.45, 7) is 2.26. The van der Waals surface area contributed by atoms with Crippen molar-refractivity contribution in [3.63, 3.8) is 0 Å². The number of rotatable bonds is 3. The number of hydrogen-bond donors (Lipinski definition) is 0. The monoisotopic (exact) mass is 267 g/mol. The highest BCUT2D eigenvalue weighted by molar-refractivity contribution is 5.97. The zero-order valence-corrected chi connectivity index (χ0v) is 11.1. The number of benzene rings is 2. The molecule has 0 saturated heterocycles. The van der Waals surface area contributed by atoms with Gasteiger partial charge in [-0.1, -0.05) is 24.3 Å². The van der Waals surface area contributed by atoms with E-state index in [9.17, 15) is 9.18 Å². The van der Waals surface area contributed by atoms with Crippen molar-refractivity contribution in [3.8, 4) is 0 Å². The van der Waals surface area contributed by atoms with E-state index in [-0.39, 0.29) is 18.1 Å². The fourth-order valence-electron chi connectivity index (χ4n) is 2.42. The van der Waals surface area contributed by atoms with Gasteiger partial charge in [0.15, 0.2) is 5.78 Å². The number of fused-ring (bicyclic) bond motifs is 1. The first-order valence-corrected chi connectivity index (χ1v) is 6.48. The summed E-state index contributed by atoms with van der Waals surface area (Å²) in [6, 6.07) is 13.8. The first-order valence-electron chi connectivity index (χ1n) is 6.48. The van der Waals surface area contributed by atoms with Gasteiger partial charge in [0, 0.05) is 22.7 Å². The molecule has 1 heterocycles. The van der Waals surface area contributed by atoms with Gasteiger partial charge in [0.1, 0.15) is 5.82 Å². The third kappa shape index (κ3) is 2.23. The quantitative estimate of drug-likeness (QED) is 0.658. The second kappa shape index (κ2) is 4.93. The van der Waals surface area contributed by atoms with E-state index >= 15 is 0 Å². The lowest BCUT2D eigenvalue weighted by molar-refractivity contribution is 0.0973. The topological polar surface area (TPSA) is 22.0 Å². The van der Waals surface area contributed by atoms with Crippen LogP contribution in [-0.4, -0.2) is 10.4 Å². The lowest BCUT2D eigenvalue weighted by atomic mass is 10.1. The molecule has 0 bridgehead atoms. The van der Waals surface area contributed by atoms with E-state index in [1.807, 2.05) is 42.0 Å². The van der Waals surface area contributed by atoms with E-state index in [1.165, 1.54) is 17.7 Å². The summed E-state index contributed by atoms with van der Waals surface area (Å²) < 4.78 is 15.1. The van der Waals surface area contributed by atoms with Crippen LogP contribution in [-0.2, 0) is 6.54 Å². The summed E-state index contributed by atoms with van der Waals surface area (Å²) >= 11 is 0. The predicted molar refractivity (Wildman–Crippen MR) is 77.4 cm³/mol. The molecule has 3 aromatic rings. The van der Waals surface area contributed by atoms with Gasteiger partial charge in [-0.3, -0.25) is 4.79 Å². The molecule has 2 aromatic carbocycles. The Hall–Kier alpha value is -2.42. The van der Waals surface area contributed by atoms with Crippen LogP contribution in [0.5, 0.6) is 0 Å². The van der Waals surface area contributed by atoms with Gasteiger partial charge in [0.05, 0.1) is 6.54 Å². The van der Waals surface area contributed by atoms with Gasteiger partial charge in [0.2, 0.25) is 0 Å². The molecule has 0 unspecified atom stereocenters. The summed E-state index contributed by atoms with van der Waals surface area (Å²) in [6.07, 6.45) is 1.90. The Morgan fingerprint density at radius 3 is 2.75 bits per heavy atom. The van der Waals surface area contributed by atoms with Crippen LogP contribution in [0.4, 0.5) is 4.39 Å². The third-order valence-electron chi connectivity index (χ3n) is 3.49. The average Bonchev–Trinajstić information content (AvgIpc) is 2.83. The molecular formula is C17H14FNO. The normalized spacial score (nSPS) is 10.9. The molecule has 0 spiro atoms. The smallest absolute Gasteiger partial charge is 0.182 e. The number of aromatic nitrogens is 1. The van der Waals surface area contributed by atoms with Crippen LogP contribution >= 0.6 is 0 Å². The van der Waals surface area contributed by atoms with Crippen LogP contribution < -0.4 is 0 Å². The molecule has 0 amide bonds. The van der Waals surface area contributed by atoms with Gasteiger partial charge in [-0.25, -0.2) is 4.39 Å². The Kier molecular flexibility index (Phi) is 3.11. The molecule has 0 atom stereocenters. The molecule has 0 aliphatic carbocycles. The molecule has 20 heavy (non-hydrogen) atoms. The van der Waals surface area contributed by atoms with Gasteiger partial charge < -0.3 is 4.57 Å². The predicted octanol–water partition coefficient (Wildman–Crippen LogP) is 3.97.